The van der Waals surface area contributed by atoms with Crippen LogP contribution in [0.15, 0.2) is 18.3 Å². The van der Waals surface area contributed by atoms with Crippen molar-refractivity contribution in [2.45, 2.75) is 31.7 Å². The molecule has 0 atom stereocenters. The van der Waals surface area contributed by atoms with Gasteiger partial charge < -0.3 is 15.3 Å². The van der Waals surface area contributed by atoms with Crippen LogP contribution in [0, 0.1) is 0 Å². The first-order valence-electron chi connectivity index (χ1n) is 6.82. The van der Waals surface area contributed by atoms with E-state index in [4.69, 9.17) is 0 Å². The van der Waals surface area contributed by atoms with Gasteiger partial charge in [0.05, 0.1) is 6.61 Å². The summed E-state index contributed by atoms with van der Waals surface area (Å²) in [7, 11) is 1.60. The van der Waals surface area contributed by atoms with Gasteiger partial charge in [-0.1, -0.05) is 12.8 Å². The summed E-state index contributed by atoms with van der Waals surface area (Å²) in [6, 6.07) is 4.17. The Labute approximate surface area is 113 Å². The number of aromatic nitrogens is 1. The van der Waals surface area contributed by atoms with Gasteiger partial charge in [0.2, 0.25) is 0 Å². The summed E-state index contributed by atoms with van der Waals surface area (Å²) in [6.07, 6.45) is 6.43. The minimum atomic E-state index is -0.183. The molecule has 0 saturated heterocycles. The quantitative estimate of drug-likeness (QED) is 0.837. The highest BCUT2D eigenvalue weighted by atomic mass is 16.3. The van der Waals surface area contributed by atoms with Crippen LogP contribution in [0.1, 0.15) is 36.2 Å². The van der Waals surface area contributed by atoms with Crippen molar-refractivity contribution in [3.63, 3.8) is 0 Å². The topological polar surface area (TPSA) is 65.5 Å². The van der Waals surface area contributed by atoms with Crippen LogP contribution in [0.4, 0.5) is 5.69 Å². The standard InChI is InChI=1S/C14H21N3O2/c1-15-14(19)13-10-12(6-7-16-13)17(8-9-18)11-4-2-3-5-11/h6-7,10-11,18H,2-5,8-9H2,1H3,(H,15,19). The van der Waals surface area contributed by atoms with Crippen LogP contribution in [-0.2, 0) is 0 Å². The molecule has 1 heterocycles. The molecule has 104 valence electrons. The van der Waals surface area contributed by atoms with Crippen molar-refractivity contribution < 1.29 is 9.90 Å². The smallest absolute Gasteiger partial charge is 0.269 e. The number of nitrogens with zero attached hydrogens (tertiary/aromatic N) is 2. The Morgan fingerprint density at radius 3 is 2.89 bits per heavy atom. The molecule has 0 spiro atoms. The Balaban J connectivity index is 2.22. The fourth-order valence-corrected chi connectivity index (χ4v) is 2.70. The maximum atomic E-state index is 11.6. The minimum Gasteiger partial charge on any atom is -0.395 e. The molecule has 5 nitrogen and oxygen atoms in total. The second-order valence-electron chi connectivity index (χ2n) is 4.83. The summed E-state index contributed by atoms with van der Waals surface area (Å²) in [5, 5.41) is 11.8. The number of carbonyl (C=O) groups is 1. The number of pyridine rings is 1. The number of nitrogens with one attached hydrogen (secondary N) is 1. The van der Waals surface area contributed by atoms with E-state index in [1.165, 1.54) is 12.8 Å². The van der Waals surface area contributed by atoms with Gasteiger partial charge >= 0.3 is 0 Å². The molecular formula is C14H21N3O2. The van der Waals surface area contributed by atoms with Crippen LogP contribution in [0.2, 0.25) is 0 Å². The monoisotopic (exact) mass is 263 g/mol. The minimum absolute atomic E-state index is 0.119. The summed E-state index contributed by atoms with van der Waals surface area (Å²) in [6.45, 7) is 0.718. The summed E-state index contributed by atoms with van der Waals surface area (Å²) in [4.78, 5) is 17.9. The zero-order valence-electron chi connectivity index (χ0n) is 11.3. The van der Waals surface area contributed by atoms with Crippen molar-refractivity contribution in [2.24, 2.45) is 0 Å². The van der Waals surface area contributed by atoms with Gasteiger partial charge in [0.15, 0.2) is 0 Å². The van der Waals surface area contributed by atoms with Crippen molar-refractivity contribution in [2.75, 3.05) is 25.1 Å². The number of carbonyl (C=O) groups excluding carboxylic acids is 1. The van der Waals surface area contributed by atoms with Gasteiger partial charge in [-0.2, -0.15) is 0 Å². The van der Waals surface area contributed by atoms with Crippen molar-refractivity contribution in [3.8, 4) is 0 Å². The molecule has 0 bridgehead atoms. The number of hydrogen-bond acceptors (Lipinski definition) is 4. The Morgan fingerprint density at radius 1 is 1.53 bits per heavy atom. The molecule has 1 aromatic rings. The van der Waals surface area contributed by atoms with Gasteiger partial charge in [-0.25, -0.2) is 0 Å². The SMILES string of the molecule is CNC(=O)c1cc(N(CCO)C2CCCC2)ccn1. The number of hydrogen-bond donors (Lipinski definition) is 2. The number of rotatable bonds is 5. The van der Waals surface area contributed by atoms with Gasteiger partial charge in [-0.3, -0.25) is 9.78 Å². The highest BCUT2D eigenvalue weighted by Gasteiger charge is 2.23. The zero-order valence-corrected chi connectivity index (χ0v) is 11.3. The van der Waals surface area contributed by atoms with E-state index in [-0.39, 0.29) is 12.5 Å². The third-order valence-electron chi connectivity index (χ3n) is 3.64. The van der Waals surface area contributed by atoms with Crippen LogP contribution in [0.5, 0.6) is 0 Å². The van der Waals surface area contributed by atoms with Crippen molar-refractivity contribution in [1.29, 1.82) is 0 Å². The maximum Gasteiger partial charge on any atom is 0.269 e. The molecule has 2 N–H and O–H groups in total. The van der Waals surface area contributed by atoms with Crippen molar-refractivity contribution >= 4 is 11.6 Å². The Kier molecular flexibility index (Phi) is 4.74. The van der Waals surface area contributed by atoms with E-state index < -0.39 is 0 Å². The highest BCUT2D eigenvalue weighted by molar-refractivity contribution is 5.92. The van der Waals surface area contributed by atoms with E-state index in [1.54, 1.807) is 19.3 Å². The Bertz CT molecular complexity index is 430. The van der Waals surface area contributed by atoms with E-state index in [1.807, 2.05) is 6.07 Å². The third-order valence-corrected chi connectivity index (χ3v) is 3.64. The molecule has 2 rings (SSSR count). The van der Waals surface area contributed by atoms with Crippen LogP contribution >= 0.6 is 0 Å². The number of aliphatic hydroxyl groups is 1. The molecule has 0 radical (unpaired) electrons. The highest BCUT2D eigenvalue weighted by Crippen LogP contribution is 2.28. The van der Waals surface area contributed by atoms with Gasteiger partial charge in [0.25, 0.3) is 5.91 Å². The van der Waals surface area contributed by atoms with E-state index in [0.29, 0.717) is 18.3 Å². The van der Waals surface area contributed by atoms with Crippen LogP contribution in [-0.4, -0.2) is 42.2 Å². The van der Waals surface area contributed by atoms with Crippen molar-refractivity contribution in [1.82, 2.24) is 10.3 Å². The average molecular weight is 263 g/mol. The Morgan fingerprint density at radius 2 is 2.26 bits per heavy atom. The predicted molar refractivity (Wildman–Crippen MR) is 74.3 cm³/mol. The summed E-state index contributed by atoms with van der Waals surface area (Å²) in [5.41, 5.74) is 1.38. The van der Waals surface area contributed by atoms with Gasteiger partial charge in [0.1, 0.15) is 5.69 Å². The molecule has 0 unspecified atom stereocenters. The first-order chi connectivity index (χ1) is 9.26. The lowest BCUT2D eigenvalue weighted by Gasteiger charge is -2.30. The van der Waals surface area contributed by atoms with Crippen LogP contribution in [0.25, 0.3) is 0 Å². The molecule has 0 aromatic carbocycles. The van der Waals surface area contributed by atoms with Gasteiger partial charge in [-0.05, 0) is 25.0 Å². The predicted octanol–water partition coefficient (Wildman–Crippen LogP) is 1.18. The second kappa shape index (κ2) is 6.52. The summed E-state index contributed by atoms with van der Waals surface area (Å²) < 4.78 is 0. The normalized spacial score (nSPS) is 15.5. The fraction of sp³-hybridized carbons (Fsp3) is 0.571. The number of amides is 1. The Hall–Kier alpha value is -1.62. The lowest BCUT2D eigenvalue weighted by molar-refractivity contribution is 0.0958. The average Bonchev–Trinajstić information content (AvgIpc) is 2.98. The third kappa shape index (κ3) is 3.23. The molecule has 5 heteroatoms. The van der Waals surface area contributed by atoms with E-state index in [2.05, 4.69) is 15.2 Å². The first kappa shape index (κ1) is 13.8. The summed E-state index contributed by atoms with van der Waals surface area (Å²) >= 11 is 0. The molecule has 1 saturated carbocycles. The fourth-order valence-electron chi connectivity index (χ4n) is 2.70. The number of aliphatic hydroxyl groups excluding tert-OH is 1. The van der Waals surface area contributed by atoms with Crippen molar-refractivity contribution in [3.05, 3.63) is 24.0 Å². The molecule has 19 heavy (non-hydrogen) atoms. The maximum absolute atomic E-state index is 11.6. The molecule has 1 aliphatic carbocycles. The first-order valence-corrected chi connectivity index (χ1v) is 6.82. The largest absolute Gasteiger partial charge is 0.395 e. The lowest BCUT2D eigenvalue weighted by atomic mass is 10.1. The lowest BCUT2D eigenvalue weighted by Crippen LogP contribution is -2.36. The van der Waals surface area contributed by atoms with E-state index >= 15 is 0 Å². The molecular weight excluding hydrogens is 242 g/mol. The van der Waals surface area contributed by atoms with Crippen LogP contribution < -0.4 is 10.2 Å². The van der Waals surface area contributed by atoms with Gasteiger partial charge in [0, 0.05) is 31.5 Å². The van der Waals surface area contributed by atoms with E-state index in [9.17, 15) is 9.90 Å². The van der Waals surface area contributed by atoms with Gasteiger partial charge in [-0.15, -0.1) is 0 Å². The molecule has 1 aromatic heterocycles. The van der Waals surface area contributed by atoms with E-state index in [0.717, 1.165) is 18.5 Å². The molecule has 1 amide bonds. The number of anilines is 1. The zero-order chi connectivity index (χ0) is 13.7. The second-order valence-corrected chi connectivity index (χ2v) is 4.83. The molecule has 0 aliphatic heterocycles. The summed E-state index contributed by atoms with van der Waals surface area (Å²) in [5.74, 6) is -0.183. The van der Waals surface area contributed by atoms with Crippen LogP contribution in [0.3, 0.4) is 0 Å². The molecule has 1 aliphatic rings. The molecule has 1 fully saturated rings.